The molecule has 2 rings (SSSR count). The molecule has 2 aliphatic heterocycles. The van der Waals surface area contributed by atoms with E-state index in [-0.39, 0.29) is 0 Å². The molecule has 0 aromatic carbocycles. The number of nitrogens with zero attached hydrogens (tertiary/aromatic N) is 1. The van der Waals surface area contributed by atoms with Crippen molar-refractivity contribution in [2.75, 3.05) is 46.4 Å². The van der Waals surface area contributed by atoms with E-state index in [1.165, 1.54) is 0 Å². The minimum absolute atomic E-state index is 0.425. The van der Waals surface area contributed by atoms with Crippen molar-refractivity contribution >= 4 is 10.2 Å². The van der Waals surface area contributed by atoms with Crippen molar-refractivity contribution in [2.24, 2.45) is 11.8 Å². The molecule has 2 N–H and O–H groups in total. The average molecular weight is 305 g/mol. The fourth-order valence-corrected chi connectivity index (χ4v) is 4.33. The SMILES string of the molecule is CNCC1CCCN(S(=O)(=O)NCCC2CCOC2)C1. The molecule has 6 nitrogen and oxygen atoms in total. The van der Waals surface area contributed by atoms with Gasteiger partial charge in [-0.25, -0.2) is 4.72 Å². The summed E-state index contributed by atoms with van der Waals surface area (Å²) in [4.78, 5) is 0. The van der Waals surface area contributed by atoms with Crippen molar-refractivity contribution in [1.29, 1.82) is 0 Å². The van der Waals surface area contributed by atoms with E-state index in [4.69, 9.17) is 4.74 Å². The van der Waals surface area contributed by atoms with Crippen molar-refractivity contribution in [3.8, 4) is 0 Å². The number of piperidine rings is 1. The fourth-order valence-electron chi connectivity index (χ4n) is 2.99. The van der Waals surface area contributed by atoms with Gasteiger partial charge in [-0.3, -0.25) is 0 Å². The van der Waals surface area contributed by atoms with E-state index in [1.807, 2.05) is 7.05 Å². The van der Waals surface area contributed by atoms with Crippen LogP contribution in [0, 0.1) is 11.8 Å². The Labute approximate surface area is 122 Å². The van der Waals surface area contributed by atoms with E-state index in [2.05, 4.69) is 10.0 Å². The van der Waals surface area contributed by atoms with Gasteiger partial charge in [0.25, 0.3) is 10.2 Å². The van der Waals surface area contributed by atoms with Crippen LogP contribution in [0.15, 0.2) is 0 Å². The second-order valence-electron chi connectivity index (χ2n) is 5.84. The minimum Gasteiger partial charge on any atom is -0.381 e. The van der Waals surface area contributed by atoms with E-state index in [1.54, 1.807) is 4.31 Å². The zero-order chi connectivity index (χ0) is 14.4. The van der Waals surface area contributed by atoms with Crippen molar-refractivity contribution in [1.82, 2.24) is 14.3 Å². The lowest BCUT2D eigenvalue weighted by atomic mass is 10.00. The average Bonchev–Trinajstić information content (AvgIpc) is 2.92. The lowest BCUT2D eigenvalue weighted by molar-refractivity contribution is 0.184. The molecule has 2 unspecified atom stereocenters. The van der Waals surface area contributed by atoms with Gasteiger partial charge in [0.2, 0.25) is 0 Å². The molecule has 2 atom stereocenters. The zero-order valence-corrected chi connectivity index (χ0v) is 13.1. The number of nitrogens with one attached hydrogen (secondary N) is 2. The fraction of sp³-hybridized carbons (Fsp3) is 1.00. The molecular weight excluding hydrogens is 278 g/mol. The van der Waals surface area contributed by atoms with Gasteiger partial charge < -0.3 is 10.1 Å². The molecule has 0 aliphatic carbocycles. The molecule has 118 valence electrons. The van der Waals surface area contributed by atoms with Crippen LogP contribution in [0.5, 0.6) is 0 Å². The number of hydrogen-bond donors (Lipinski definition) is 2. The summed E-state index contributed by atoms with van der Waals surface area (Å²) in [5, 5.41) is 3.13. The highest BCUT2D eigenvalue weighted by molar-refractivity contribution is 7.87. The normalized spacial score (nSPS) is 28.9. The Morgan fingerprint density at radius 1 is 1.30 bits per heavy atom. The smallest absolute Gasteiger partial charge is 0.279 e. The van der Waals surface area contributed by atoms with Crippen LogP contribution in [0.2, 0.25) is 0 Å². The highest BCUT2D eigenvalue weighted by Crippen LogP contribution is 2.19. The van der Waals surface area contributed by atoms with Gasteiger partial charge in [0, 0.05) is 32.8 Å². The van der Waals surface area contributed by atoms with Crippen LogP contribution < -0.4 is 10.0 Å². The second-order valence-corrected chi connectivity index (χ2v) is 7.60. The number of rotatable bonds is 7. The summed E-state index contributed by atoms with van der Waals surface area (Å²) in [6.45, 7) is 4.25. The molecular formula is C13H27N3O3S. The number of ether oxygens (including phenoxy) is 1. The lowest BCUT2D eigenvalue weighted by Crippen LogP contribution is -2.47. The monoisotopic (exact) mass is 305 g/mol. The molecule has 0 amide bonds. The maximum atomic E-state index is 12.3. The predicted octanol–water partition coefficient (Wildman–Crippen LogP) is 0.179. The van der Waals surface area contributed by atoms with Gasteiger partial charge >= 0.3 is 0 Å². The Balaban J connectivity index is 1.76. The summed E-state index contributed by atoms with van der Waals surface area (Å²) in [7, 11) is -1.40. The standard InChI is InChI=1S/C13H27N3O3S/c1-14-9-13-3-2-7-16(10-13)20(17,18)15-6-4-12-5-8-19-11-12/h12-15H,2-11H2,1H3. The first-order chi connectivity index (χ1) is 9.62. The van der Waals surface area contributed by atoms with Gasteiger partial charge in [-0.05, 0) is 51.1 Å². The van der Waals surface area contributed by atoms with Crippen LogP contribution in [0.3, 0.4) is 0 Å². The van der Waals surface area contributed by atoms with Crippen molar-refractivity contribution < 1.29 is 13.2 Å². The first-order valence-electron chi connectivity index (χ1n) is 7.59. The summed E-state index contributed by atoms with van der Waals surface area (Å²) in [6.07, 6.45) is 3.97. The third kappa shape index (κ3) is 4.66. The maximum absolute atomic E-state index is 12.3. The predicted molar refractivity (Wildman–Crippen MR) is 78.7 cm³/mol. The van der Waals surface area contributed by atoms with Crippen LogP contribution in [0.4, 0.5) is 0 Å². The van der Waals surface area contributed by atoms with Crippen molar-refractivity contribution in [3.63, 3.8) is 0 Å². The third-order valence-electron chi connectivity index (χ3n) is 4.18. The topological polar surface area (TPSA) is 70.7 Å². The Morgan fingerprint density at radius 2 is 2.15 bits per heavy atom. The largest absolute Gasteiger partial charge is 0.381 e. The van der Waals surface area contributed by atoms with Crippen LogP contribution in [-0.2, 0) is 14.9 Å². The highest BCUT2D eigenvalue weighted by Gasteiger charge is 2.28. The van der Waals surface area contributed by atoms with Crippen LogP contribution in [-0.4, -0.2) is 59.2 Å². The minimum atomic E-state index is -3.31. The first-order valence-corrected chi connectivity index (χ1v) is 9.03. The summed E-state index contributed by atoms with van der Waals surface area (Å²) in [5.41, 5.74) is 0. The Kier molecular flexibility index (Phi) is 6.22. The quantitative estimate of drug-likeness (QED) is 0.704. The van der Waals surface area contributed by atoms with Gasteiger partial charge in [0.05, 0.1) is 0 Å². The van der Waals surface area contributed by atoms with Crippen LogP contribution in [0.1, 0.15) is 25.7 Å². The summed E-state index contributed by atoms with van der Waals surface area (Å²) >= 11 is 0. The molecule has 0 saturated carbocycles. The summed E-state index contributed by atoms with van der Waals surface area (Å²) in [6, 6.07) is 0. The molecule has 0 radical (unpaired) electrons. The first kappa shape index (κ1) is 16.2. The Hall–Kier alpha value is -0.210. The van der Waals surface area contributed by atoms with Gasteiger partial charge in [-0.1, -0.05) is 0 Å². The molecule has 2 aliphatic rings. The van der Waals surface area contributed by atoms with Crippen molar-refractivity contribution in [3.05, 3.63) is 0 Å². The van der Waals surface area contributed by atoms with Gasteiger partial charge in [-0.15, -0.1) is 0 Å². The third-order valence-corrected chi connectivity index (χ3v) is 5.76. The van der Waals surface area contributed by atoms with E-state index in [0.717, 1.165) is 45.4 Å². The van der Waals surface area contributed by atoms with E-state index < -0.39 is 10.2 Å². The summed E-state index contributed by atoms with van der Waals surface area (Å²) in [5.74, 6) is 0.935. The highest BCUT2D eigenvalue weighted by atomic mass is 32.2. The molecule has 2 heterocycles. The van der Waals surface area contributed by atoms with Crippen LogP contribution >= 0.6 is 0 Å². The molecule has 2 fully saturated rings. The zero-order valence-electron chi connectivity index (χ0n) is 12.3. The van der Waals surface area contributed by atoms with E-state index >= 15 is 0 Å². The van der Waals surface area contributed by atoms with Gasteiger partial charge in [0.15, 0.2) is 0 Å². The van der Waals surface area contributed by atoms with Gasteiger partial charge in [0.1, 0.15) is 0 Å². The second kappa shape index (κ2) is 7.70. The van der Waals surface area contributed by atoms with Crippen molar-refractivity contribution in [2.45, 2.75) is 25.7 Å². The molecule has 7 heteroatoms. The van der Waals surface area contributed by atoms with Gasteiger partial charge in [-0.2, -0.15) is 12.7 Å². The summed E-state index contributed by atoms with van der Waals surface area (Å²) < 4.78 is 34.2. The van der Waals surface area contributed by atoms with E-state index in [9.17, 15) is 8.42 Å². The Morgan fingerprint density at radius 3 is 2.85 bits per heavy atom. The molecule has 0 aromatic rings. The molecule has 0 bridgehead atoms. The lowest BCUT2D eigenvalue weighted by Gasteiger charge is -2.31. The number of hydrogen-bond acceptors (Lipinski definition) is 4. The molecule has 0 aromatic heterocycles. The molecule has 20 heavy (non-hydrogen) atoms. The Bertz CT molecular complexity index is 380. The van der Waals surface area contributed by atoms with Crippen LogP contribution in [0.25, 0.3) is 0 Å². The van der Waals surface area contributed by atoms with E-state index in [0.29, 0.717) is 31.5 Å². The maximum Gasteiger partial charge on any atom is 0.279 e. The molecule has 2 saturated heterocycles. The molecule has 0 spiro atoms.